The van der Waals surface area contributed by atoms with Crippen molar-refractivity contribution in [3.63, 3.8) is 0 Å². The van der Waals surface area contributed by atoms with Gasteiger partial charge < -0.3 is 5.73 Å². The van der Waals surface area contributed by atoms with Crippen LogP contribution in [0.15, 0.2) is 24.3 Å². The van der Waals surface area contributed by atoms with Gasteiger partial charge in [0.2, 0.25) is 0 Å². The van der Waals surface area contributed by atoms with Gasteiger partial charge in [-0.05, 0) is 18.6 Å². The highest BCUT2D eigenvalue weighted by Gasteiger charge is 2.02. The van der Waals surface area contributed by atoms with Crippen molar-refractivity contribution in [2.75, 3.05) is 5.73 Å². The minimum absolute atomic E-state index is 0.787. The first-order valence-electron chi connectivity index (χ1n) is 3.09. The molecule has 1 aromatic rings. The second kappa shape index (κ2) is 2.97. The van der Waals surface area contributed by atoms with E-state index in [9.17, 15) is 0 Å². The summed E-state index contributed by atoms with van der Waals surface area (Å²) in [5.74, 6) is 0. The molecule has 1 nitrogen and oxygen atoms in total. The largest absolute Gasteiger partial charge is 0.398 e. The van der Waals surface area contributed by atoms with Crippen LogP contribution in [0.25, 0.3) is 0 Å². The second-order valence-corrected chi connectivity index (χ2v) is 2.84. The molecule has 0 atom stereocenters. The lowest BCUT2D eigenvalue weighted by molar-refractivity contribution is 1.38. The Morgan fingerprint density at radius 3 is 2.40 bits per heavy atom. The van der Waals surface area contributed by atoms with Gasteiger partial charge in [0.1, 0.15) is 0 Å². The van der Waals surface area contributed by atoms with E-state index in [-0.39, 0.29) is 0 Å². The first-order chi connectivity index (χ1) is 4.72. The molecule has 53 valence electrons. The Hall–Kier alpha value is -0.630. The van der Waals surface area contributed by atoms with Crippen molar-refractivity contribution in [3.05, 3.63) is 35.1 Å². The highest BCUT2D eigenvalue weighted by atomic mass is 32.1. The fraction of sp³-hybridized carbons (Fsp3) is 0.125. The van der Waals surface area contributed by atoms with Gasteiger partial charge in [-0.1, -0.05) is 18.2 Å². The summed E-state index contributed by atoms with van der Waals surface area (Å²) in [6.07, 6.45) is 0. The van der Waals surface area contributed by atoms with E-state index in [0.717, 1.165) is 16.5 Å². The third-order valence-corrected chi connectivity index (χ3v) is 1.59. The molecule has 0 saturated carbocycles. The van der Waals surface area contributed by atoms with Crippen LogP contribution < -0.4 is 5.73 Å². The van der Waals surface area contributed by atoms with E-state index in [1.807, 2.05) is 31.2 Å². The quantitative estimate of drug-likeness (QED) is 0.468. The van der Waals surface area contributed by atoms with Crippen molar-refractivity contribution in [1.29, 1.82) is 0 Å². The van der Waals surface area contributed by atoms with Gasteiger partial charge in [0.05, 0.1) is 5.25 Å². The summed E-state index contributed by atoms with van der Waals surface area (Å²) in [6.45, 7) is 1.93. The Kier molecular flexibility index (Phi) is 2.22. The summed E-state index contributed by atoms with van der Waals surface area (Å²) in [7, 11) is 0. The number of anilines is 1. The maximum absolute atomic E-state index is 5.65. The average molecular weight is 152 g/mol. The lowest BCUT2D eigenvalue weighted by atomic mass is 10.1. The first-order valence-corrected chi connectivity index (χ1v) is 3.54. The summed E-state index contributed by atoms with van der Waals surface area (Å²) in [5.41, 5.74) is 7.46. The SMILES string of the molecule is C[C](S)c1ccccc1N. The Labute approximate surface area is 66.7 Å². The van der Waals surface area contributed by atoms with Crippen LogP contribution in [0.1, 0.15) is 12.5 Å². The molecule has 0 aliphatic rings. The van der Waals surface area contributed by atoms with E-state index in [4.69, 9.17) is 5.73 Å². The number of benzene rings is 1. The van der Waals surface area contributed by atoms with Crippen molar-refractivity contribution in [1.82, 2.24) is 0 Å². The molecule has 0 unspecified atom stereocenters. The predicted octanol–water partition coefficient (Wildman–Crippen LogP) is 2.10. The Morgan fingerprint density at radius 2 is 2.00 bits per heavy atom. The number of rotatable bonds is 1. The molecule has 2 N–H and O–H groups in total. The van der Waals surface area contributed by atoms with Crippen molar-refractivity contribution in [2.45, 2.75) is 6.92 Å². The molecule has 2 heteroatoms. The molecule has 1 aromatic carbocycles. The summed E-state index contributed by atoms with van der Waals surface area (Å²) in [5, 5.41) is 0.957. The zero-order valence-corrected chi connectivity index (χ0v) is 6.73. The van der Waals surface area contributed by atoms with Crippen molar-refractivity contribution >= 4 is 18.3 Å². The van der Waals surface area contributed by atoms with E-state index in [0.29, 0.717) is 0 Å². The number of thiol groups is 1. The van der Waals surface area contributed by atoms with Gasteiger partial charge in [-0.25, -0.2) is 0 Å². The molecule has 0 aliphatic heterocycles. The van der Waals surface area contributed by atoms with Crippen LogP contribution in [0.5, 0.6) is 0 Å². The number of nitrogens with two attached hydrogens (primary N) is 1. The molecule has 10 heavy (non-hydrogen) atoms. The second-order valence-electron chi connectivity index (χ2n) is 2.17. The summed E-state index contributed by atoms with van der Waals surface area (Å²) in [6, 6.07) is 7.69. The van der Waals surface area contributed by atoms with E-state index in [1.165, 1.54) is 0 Å². The van der Waals surface area contributed by atoms with E-state index in [2.05, 4.69) is 12.6 Å². The van der Waals surface area contributed by atoms with E-state index >= 15 is 0 Å². The van der Waals surface area contributed by atoms with Crippen molar-refractivity contribution in [3.8, 4) is 0 Å². The summed E-state index contributed by atoms with van der Waals surface area (Å²) >= 11 is 4.19. The Bertz CT molecular complexity index is 220. The maximum Gasteiger partial charge on any atom is 0.0553 e. The first kappa shape index (κ1) is 7.48. The standard InChI is InChI=1S/C8H10NS/c1-6(10)7-4-2-3-5-8(7)9/h2-5,10H,9H2,1H3. The monoisotopic (exact) mass is 152 g/mol. The molecule has 1 radical (unpaired) electrons. The molecule has 0 saturated heterocycles. The van der Waals surface area contributed by atoms with Gasteiger partial charge in [-0.15, -0.1) is 0 Å². The molecule has 0 aliphatic carbocycles. The third kappa shape index (κ3) is 1.45. The predicted molar refractivity (Wildman–Crippen MR) is 47.9 cm³/mol. The Morgan fingerprint density at radius 1 is 1.40 bits per heavy atom. The molecule has 0 fully saturated rings. The summed E-state index contributed by atoms with van der Waals surface area (Å²) < 4.78 is 0. The number of hydrogen-bond acceptors (Lipinski definition) is 2. The van der Waals surface area contributed by atoms with Crippen LogP contribution in [0, 0.1) is 5.25 Å². The topological polar surface area (TPSA) is 26.0 Å². The van der Waals surface area contributed by atoms with Crippen LogP contribution in [0.4, 0.5) is 5.69 Å². The molecular formula is C8H10NS. The van der Waals surface area contributed by atoms with Crippen LogP contribution in [-0.4, -0.2) is 0 Å². The molecular weight excluding hydrogens is 142 g/mol. The molecule has 1 rings (SSSR count). The van der Waals surface area contributed by atoms with Gasteiger partial charge in [0.25, 0.3) is 0 Å². The maximum atomic E-state index is 5.65. The summed E-state index contributed by atoms with van der Waals surface area (Å²) in [4.78, 5) is 0. The fourth-order valence-corrected chi connectivity index (χ4v) is 1.03. The van der Waals surface area contributed by atoms with E-state index < -0.39 is 0 Å². The smallest absolute Gasteiger partial charge is 0.0553 e. The number of nitrogen functional groups attached to an aromatic ring is 1. The van der Waals surface area contributed by atoms with Crippen LogP contribution >= 0.6 is 12.6 Å². The lowest BCUT2D eigenvalue weighted by Gasteiger charge is -2.05. The average Bonchev–Trinajstić information content (AvgIpc) is 1.88. The fourth-order valence-electron chi connectivity index (χ4n) is 0.826. The van der Waals surface area contributed by atoms with Gasteiger partial charge in [-0.3, -0.25) is 0 Å². The molecule has 0 heterocycles. The van der Waals surface area contributed by atoms with Crippen LogP contribution in [0.3, 0.4) is 0 Å². The number of para-hydroxylation sites is 1. The van der Waals surface area contributed by atoms with Gasteiger partial charge >= 0.3 is 0 Å². The Balaban J connectivity index is 3.03. The number of hydrogen-bond donors (Lipinski definition) is 2. The third-order valence-electron chi connectivity index (χ3n) is 1.35. The molecule has 0 bridgehead atoms. The minimum atomic E-state index is 0.787. The highest BCUT2D eigenvalue weighted by molar-refractivity contribution is 7.83. The van der Waals surface area contributed by atoms with Gasteiger partial charge in [0, 0.05) is 5.69 Å². The van der Waals surface area contributed by atoms with Crippen molar-refractivity contribution < 1.29 is 0 Å². The lowest BCUT2D eigenvalue weighted by Crippen LogP contribution is -1.93. The normalized spacial score (nSPS) is 10.3. The highest BCUT2D eigenvalue weighted by Crippen LogP contribution is 2.22. The zero-order chi connectivity index (χ0) is 7.56. The van der Waals surface area contributed by atoms with Crippen molar-refractivity contribution in [2.24, 2.45) is 0 Å². The molecule has 0 amide bonds. The molecule has 0 aromatic heterocycles. The zero-order valence-electron chi connectivity index (χ0n) is 5.83. The van der Waals surface area contributed by atoms with Gasteiger partial charge in [-0.2, -0.15) is 12.6 Å². The van der Waals surface area contributed by atoms with E-state index in [1.54, 1.807) is 0 Å². The van der Waals surface area contributed by atoms with Gasteiger partial charge in [0.15, 0.2) is 0 Å². The van der Waals surface area contributed by atoms with Crippen LogP contribution in [-0.2, 0) is 0 Å². The minimum Gasteiger partial charge on any atom is -0.398 e. The van der Waals surface area contributed by atoms with Crippen LogP contribution in [0.2, 0.25) is 0 Å². The molecule has 0 spiro atoms.